The van der Waals surface area contributed by atoms with Gasteiger partial charge in [-0.2, -0.15) is 0 Å². The lowest BCUT2D eigenvalue weighted by molar-refractivity contribution is 0.382. The number of rotatable bonds is 7. The van der Waals surface area contributed by atoms with Gasteiger partial charge in [-0.05, 0) is 61.8 Å². The topological polar surface area (TPSA) is 123 Å². The number of hydrogen-bond donors (Lipinski definition) is 2. The normalized spacial score (nSPS) is 18.6. The first-order chi connectivity index (χ1) is 19.3. The zero-order valence-electron chi connectivity index (χ0n) is 21.9. The lowest BCUT2D eigenvalue weighted by Gasteiger charge is -2.22. The van der Waals surface area contributed by atoms with Crippen molar-refractivity contribution < 1.29 is 22.5 Å². The molecule has 2 N–H and O–H groups in total. The quantitative estimate of drug-likeness (QED) is 0.327. The van der Waals surface area contributed by atoms with Crippen molar-refractivity contribution in [1.29, 1.82) is 0 Å². The van der Waals surface area contributed by atoms with Gasteiger partial charge in [0.05, 0.1) is 5.56 Å². The molecule has 0 spiro atoms. The predicted molar refractivity (Wildman–Crippen MR) is 156 cm³/mol. The number of aromatic hydroxyl groups is 1. The van der Waals surface area contributed by atoms with E-state index in [2.05, 4.69) is 9.88 Å². The molecule has 1 unspecified atom stereocenters. The second kappa shape index (κ2) is 10.8. The second-order valence-electron chi connectivity index (χ2n) is 10.7. The Bertz CT molecular complexity index is 1680. The van der Waals surface area contributed by atoms with Crippen LogP contribution in [0.4, 0.5) is 5.69 Å². The summed E-state index contributed by atoms with van der Waals surface area (Å²) in [6.45, 7) is 0. The van der Waals surface area contributed by atoms with E-state index in [9.17, 15) is 18.3 Å². The summed E-state index contributed by atoms with van der Waals surface area (Å²) in [5.41, 5.74) is 2.75. The first-order valence-electron chi connectivity index (χ1n) is 13.7. The molecule has 1 atom stereocenters. The van der Waals surface area contributed by atoms with Crippen molar-refractivity contribution in [1.82, 2.24) is 5.16 Å². The van der Waals surface area contributed by atoms with Crippen LogP contribution < -0.4 is 10.3 Å². The van der Waals surface area contributed by atoms with Gasteiger partial charge in [0.25, 0.3) is 10.0 Å². The third-order valence-corrected chi connectivity index (χ3v) is 9.85. The highest BCUT2D eigenvalue weighted by Gasteiger charge is 2.38. The Kier molecular flexibility index (Phi) is 7.22. The molecule has 6 rings (SSSR count). The fraction of sp³-hybridized carbons (Fsp3) is 0.367. The molecule has 0 amide bonds. The lowest BCUT2D eigenvalue weighted by atomic mass is 9.85. The Morgan fingerprint density at radius 2 is 1.90 bits per heavy atom. The SMILES string of the molecule is O=c1oc2c(c(O)c1C(c1cccc(NS(=O)(=O)C3=CC(c4ccon4)=CCC3=S)c1)C1CC1)CCCCCC2. The summed E-state index contributed by atoms with van der Waals surface area (Å²) >= 11 is 5.39. The molecule has 1 fully saturated rings. The molecule has 3 aromatic rings. The van der Waals surface area contributed by atoms with Crippen molar-refractivity contribution in [3.05, 3.63) is 92.2 Å². The minimum atomic E-state index is -4.02. The summed E-state index contributed by atoms with van der Waals surface area (Å²) in [7, 11) is -4.02. The van der Waals surface area contributed by atoms with Gasteiger partial charge >= 0.3 is 5.63 Å². The summed E-state index contributed by atoms with van der Waals surface area (Å²) in [4.78, 5) is 13.6. The summed E-state index contributed by atoms with van der Waals surface area (Å²) in [5, 5.41) is 15.3. The molecule has 1 saturated carbocycles. The van der Waals surface area contributed by atoms with E-state index < -0.39 is 21.6 Å². The summed E-state index contributed by atoms with van der Waals surface area (Å²) < 4.78 is 40.3. The third-order valence-electron chi connectivity index (χ3n) is 7.89. The van der Waals surface area contributed by atoms with Gasteiger partial charge < -0.3 is 14.0 Å². The molecule has 1 aromatic carbocycles. The van der Waals surface area contributed by atoms with Gasteiger partial charge in [0.1, 0.15) is 28.4 Å². The van der Waals surface area contributed by atoms with Crippen LogP contribution in [0.5, 0.6) is 5.75 Å². The van der Waals surface area contributed by atoms with E-state index in [1.807, 2.05) is 12.1 Å². The van der Waals surface area contributed by atoms with Crippen molar-refractivity contribution in [2.45, 2.75) is 63.7 Å². The van der Waals surface area contributed by atoms with Crippen LogP contribution in [-0.2, 0) is 22.9 Å². The minimum absolute atomic E-state index is 0.00658. The molecular weight excluding hydrogens is 548 g/mol. The van der Waals surface area contributed by atoms with E-state index in [-0.39, 0.29) is 22.1 Å². The highest BCUT2D eigenvalue weighted by atomic mass is 32.2. The summed E-state index contributed by atoms with van der Waals surface area (Å²) in [5.74, 6) is 0.405. The number of nitrogens with zero attached hydrogens (tertiary/aromatic N) is 1. The second-order valence-corrected chi connectivity index (χ2v) is 12.8. The highest BCUT2D eigenvalue weighted by molar-refractivity contribution is 7.99. The smallest absolute Gasteiger partial charge is 0.343 e. The summed E-state index contributed by atoms with van der Waals surface area (Å²) in [6.07, 6.45) is 12.2. The van der Waals surface area contributed by atoms with Crippen LogP contribution in [0.2, 0.25) is 0 Å². The number of aryl methyl sites for hydroxylation is 1. The van der Waals surface area contributed by atoms with Gasteiger partial charge in [0.2, 0.25) is 0 Å². The largest absolute Gasteiger partial charge is 0.507 e. The average Bonchev–Trinajstić information content (AvgIpc) is 3.59. The van der Waals surface area contributed by atoms with E-state index in [1.54, 1.807) is 24.3 Å². The van der Waals surface area contributed by atoms with Gasteiger partial charge in [-0.25, -0.2) is 13.2 Å². The van der Waals surface area contributed by atoms with Crippen molar-refractivity contribution >= 4 is 38.4 Å². The van der Waals surface area contributed by atoms with E-state index in [0.29, 0.717) is 46.8 Å². The number of benzene rings is 1. The van der Waals surface area contributed by atoms with Crippen molar-refractivity contribution in [2.24, 2.45) is 5.92 Å². The highest BCUT2D eigenvalue weighted by Crippen LogP contribution is 2.49. The third kappa shape index (κ3) is 5.30. The number of aromatic nitrogens is 1. The minimum Gasteiger partial charge on any atom is -0.507 e. The Labute approximate surface area is 237 Å². The molecule has 2 heterocycles. The van der Waals surface area contributed by atoms with Gasteiger partial charge in [-0.3, -0.25) is 4.72 Å². The fourth-order valence-corrected chi connectivity index (χ4v) is 7.44. The maximum absolute atomic E-state index is 13.5. The molecule has 0 saturated heterocycles. The number of sulfonamides is 1. The van der Waals surface area contributed by atoms with Crippen LogP contribution in [0.25, 0.3) is 5.57 Å². The van der Waals surface area contributed by atoms with E-state index in [4.69, 9.17) is 21.2 Å². The van der Waals surface area contributed by atoms with Crippen molar-refractivity contribution in [3.8, 4) is 5.75 Å². The van der Waals surface area contributed by atoms with Gasteiger partial charge in [-0.1, -0.05) is 48.4 Å². The fourth-order valence-electron chi connectivity index (χ4n) is 5.76. The maximum atomic E-state index is 13.5. The predicted octanol–water partition coefficient (Wildman–Crippen LogP) is 6.02. The van der Waals surface area contributed by atoms with Crippen LogP contribution in [0.15, 0.2) is 67.4 Å². The number of nitrogens with one attached hydrogen (secondary N) is 1. The van der Waals surface area contributed by atoms with Crippen molar-refractivity contribution in [3.63, 3.8) is 0 Å². The molecular formula is C30H30N2O6S2. The molecule has 0 radical (unpaired) electrons. The van der Waals surface area contributed by atoms with Gasteiger partial charge in [0.15, 0.2) is 0 Å². The van der Waals surface area contributed by atoms with Crippen LogP contribution >= 0.6 is 12.2 Å². The van der Waals surface area contributed by atoms with E-state index in [1.165, 1.54) is 12.3 Å². The number of anilines is 1. The van der Waals surface area contributed by atoms with E-state index >= 15 is 0 Å². The van der Waals surface area contributed by atoms with Crippen LogP contribution in [-0.4, -0.2) is 23.5 Å². The number of hydrogen-bond acceptors (Lipinski definition) is 8. The molecule has 208 valence electrons. The number of fused-ring (bicyclic) bond motifs is 1. The molecule has 10 heteroatoms. The number of thiocarbonyl (C=S) groups is 1. The zero-order valence-corrected chi connectivity index (χ0v) is 23.5. The zero-order chi connectivity index (χ0) is 27.9. The Morgan fingerprint density at radius 3 is 2.65 bits per heavy atom. The van der Waals surface area contributed by atoms with E-state index in [0.717, 1.165) is 49.7 Å². The van der Waals surface area contributed by atoms with Crippen LogP contribution in [0, 0.1) is 5.92 Å². The average molecular weight is 579 g/mol. The molecule has 8 nitrogen and oxygen atoms in total. The van der Waals surface area contributed by atoms with Crippen LogP contribution in [0.3, 0.4) is 0 Å². The van der Waals surface area contributed by atoms with Crippen molar-refractivity contribution in [2.75, 3.05) is 4.72 Å². The van der Waals surface area contributed by atoms with Crippen LogP contribution in [0.1, 0.15) is 79.0 Å². The Morgan fingerprint density at radius 1 is 1.10 bits per heavy atom. The summed E-state index contributed by atoms with van der Waals surface area (Å²) in [6, 6.07) is 8.67. The standard InChI is InChI=1S/C30H30N2O6S2/c33-29-22-8-3-1-2-4-9-24(22)38-30(34)28(29)27(18-10-11-18)20-6-5-7-21(16-20)32-40(35,36)26-17-19(12-13-25(26)39)23-14-15-37-31-23/h5-7,12,14-18,27,32-33H,1-4,8-11,13H2. The molecule has 40 heavy (non-hydrogen) atoms. The molecule has 0 bridgehead atoms. The molecule has 3 aliphatic carbocycles. The van der Waals surface area contributed by atoms with Gasteiger partial charge in [0, 0.05) is 46.5 Å². The molecule has 2 aromatic heterocycles. The maximum Gasteiger partial charge on any atom is 0.343 e. The Balaban J connectivity index is 1.34. The lowest BCUT2D eigenvalue weighted by Crippen LogP contribution is -2.22. The van der Waals surface area contributed by atoms with Gasteiger partial charge in [-0.15, -0.1) is 0 Å². The molecule has 0 aliphatic heterocycles. The number of allylic oxidation sites excluding steroid dienone is 4. The molecule has 3 aliphatic rings. The first kappa shape index (κ1) is 26.7. The monoisotopic (exact) mass is 578 g/mol. The first-order valence-corrected chi connectivity index (χ1v) is 15.6. The Hall–Kier alpha value is -3.50.